The van der Waals surface area contributed by atoms with Gasteiger partial charge in [0.25, 0.3) is 0 Å². The van der Waals surface area contributed by atoms with Gasteiger partial charge in [0, 0.05) is 16.0 Å². The van der Waals surface area contributed by atoms with E-state index in [1.165, 1.54) is 24.3 Å². The number of sulfone groups is 1. The van der Waals surface area contributed by atoms with Crippen molar-refractivity contribution in [1.29, 1.82) is 0 Å². The summed E-state index contributed by atoms with van der Waals surface area (Å²) in [6, 6.07) is 13.1. The van der Waals surface area contributed by atoms with Crippen molar-refractivity contribution in [3.05, 3.63) is 76.9 Å². The Bertz CT molecular complexity index is 1320. The zero-order chi connectivity index (χ0) is 20.1. The largest absolute Gasteiger partial charge is 0.218 e. The SMILES string of the molecule is Cc1ccc(S(=O)(=O)c2sc3nc(F)ccc3c2-c2ccc(Cl)cc2)cc1F. The van der Waals surface area contributed by atoms with Crippen LogP contribution in [0.3, 0.4) is 0 Å². The molecule has 0 N–H and O–H groups in total. The normalized spacial score (nSPS) is 11.9. The molecule has 2 heterocycles. The lowest BCUT2D eigenvalue weighted by Gasteiger charge is -2.08. The average molecular weight is 436 g/mol. The Morgan fingerprint density at radius 3 is 2.39 bits per heavy atom. The van der Waals surface area contributed by atoms with Crippen molar-refractivity contribution in [2.75, 3.05) is 0 Å². The van der Waals surface area contributed by atoms with Crippen LogP contribution in [0.1, 0.15) is 5.56 Å². The molecule has 0 aliphatic carbocycles. The van der Waals surface area contributed by atoms with Gasteiger partial charge in [-0.15, -0.1) is 11.3 Å². The van der Waals surface area contributed by atoms with Crippen molar-refractivity contribution in [3.63, 3.8) is 0 Å². The van der Waals surface area contributed by atoms with Crippen molar-refractivity contribution in [1.82, 2.24) is 4.98 Å². The lowest BCUT2D eigenvalue weighted by molar-refractivity contribution is 0.589. The molecule has 8 heteroatoms. The number of aromatic nitrogens is 1. The first-order valence-electron chi connectivity index (χ1n) is 8.13. The van der Waals surface area contributed by atoms with E-state index in [1.54, 1.807) is 31.2 Å². The molecule has 0 saturated carbocycles. The molecule has 3 nitrogen and oxygen atoms in total. The molecule has 0 aliphatic rings. The van der Waals surface area contributed by atoms with Crippen LogP contribution in [-0.4, -0.2) is 13.4 Å². The minimum atomic E-state index is -4.06. The molecule has 4 aromatic rings. The highest BCUT2D eigenvalue weighted by molar-refractivity contribution is 7.93. The fourth-order valence-electron chi connectivity index (χ4n) is 2.86. The fourth-order valence-corrected chi connectivity index (χ4v) is 6.09. The van der Waals surface area contributed by atoms with Crippen molar-refractivity contribution in [2.24, 2.45) is 0 Å². The Morgan fingerprint density at radius 1 is 1.00 bits per heavy atom. The van der Waals surface area contributed by atoms with Gasteiger partial charge in [-0.2, -0.15) is 4.39 Å². The quantitative estimate of drug-likeness (QED) is 0.369. The number of fused-ring (bicyclic) bond motifs is 1. The topological polar surface area (TPSA) is 47.0 Å². The predicted octanol–water partition coefficient (Wildman–Crippen LogP) is 6.04. The second-order valence-corrected chi connectivity index (χ2v) is 9.75. The maximum atomic E-state index is 14.0. The second-order valence-electron chi connectivity index (χ2n) is 6.17. The predicted molar refractivity (Wildman–Crippen MR) is 107 cm³/mol. The van der Waals surface area contributed by atoms with Gasteiger partial charge in [-0.05, 0) is 54.4 Å². The number of halogens is 3. The monoisotopic (exact) mass is 435 g/mol. The highest BCUT2D eigenvalue weighted by atomic mass is 35.5. The van der Waals surface area contributed by atoms with Crippen LogP contribution in [0, 0.1) is 18.7 Å². The number of rotatable bonds is 3. The third kappa shape index (κ3) is 3.19. The maximum absolute atomic E-state index is 14.0. The van der Waals surface area contributed by atoms with Crippen LogP contribution in [0.5, 0.6) is 0 Å². The van der Waals surface area contributed by atoms with E-state index in [2.05, 4.69) is 4.98 Å². The first-order chi connectivity index (χ1) is 13.3. The van der Waals surface area contributed by atoms with E-state index in [9.17, 15) is 17.2 Å². The Morgan fingerprint density at radius 2 is 1.71 bits per heavy atom. The van der Waals surface area contributed by atoms with E-state index >= 15 is 0 Å². The number of nitrogens with zero attached hydrogens (tertiary/aromatic N) is 1. The van der Waals surface area contributed by atoms with Gasteiger partial charge in [-0.1, -0.05) is 29.8 Å². The molecule has 142 valence electrons. The van der Waals surface area contributed by atoms with E-state index in [4.69, 9.17) is 11.6 Å². The third-order valence-corrected chi connectivity index (χ3v) is 7.94. The maximum Gasteiger partial charge on any atom is 0.216 e. The van der Waals surface area contributed by atoms with Crippen LogP contribution in [0.25, 0.3) is 21.3 Å². The van der Waals surface area contributed by atoms with Gasteiger partial charge in [-0.25, -0.2) is 17.8 Å². The van der Waals surface area contributed by atoms with Gasteiger partial charge in [0.1, 0.15) is 14.9 Å². The summed E-state index contributed by atoms with van der Waals surface area (Å²) >= 11 is 6.81. The van der Waals surface area contributed by atoms with Gasteiger partial charge in [-0.3, -0.25) is 0 Å². The van der Waals surface area contributed by atoms with Gasteiger partial charge < -0.3 is 0 Å². The van der Waals surface area contributed by atoms with Crippen LogP contribution < -0.4 is 0 Å². The lowest BCUT2D eigenvalue weighted by Crippen LogP contribution is -2.02. The Balaban J connectivity index is 2.04. The van der Waals surface area contributed by atoms with E-state index in [0.29, 0.717) is 27.1 Å². The molecule has 2 aromatic carbocycles. The molecule has 4 rings (SSSR count). The number of pyridine rings is 1. The van der Waals surface area contributed by atoms with Gasteiger partial charge in [0.05, 0.1) is 4.90 Å². The first kappa shape index (κ1) is 19.0. The molecule has 0 saturated heterocycles. The molecule has 0 atom stereocenters. The van der Waals surface area contributed by atoms with Crippen LogP contribution in [0.15, 0.2) is 63.7 Å². The van der Waals surface area contributed by atoms with Gasteiger partial charge in [0.15, 0.2) is 0 Å². The Kier molecular flexibility index (Phi) is 4.69. The summed E-state index contributed by atoms with van der Waals surface area (Å²) in [6.45, 7) is 1.55. The molecule has 0 fully saturated rings. The highest BCUT2D eigenvalue weighted by Gasteiger charge is 2.28. The summed E-state index contributed by atoms with van der Waals surface area (Å²) in [6.07, 6.45) is 0. The molecule has 0 spiro atoms. The van der Waals surface area contributed by atoms with Crippen molar-refractivity contribution < 1.29 is 17.2 Å². The molecule has 0 amide bonds. The van der Waals surface area contributed by atoms with Gasteiger partial charge >= 0.3 is 0 Å². The van der Waals surface area contributed by atoms with Gasteiger partial charge in [0.2, 0.25) is 15.8 Å². The molecule has 0 aliphatic heterocycles. The molecular weight excluding hydrogens is 424 g/mol. The number of aryl methyl sites for hydroxylation is 1. The van der Waals surface area contributed by atoms with E-state index < -0.39 is 21.6 Å². The highest BCUT2D eigenvalue weighted by Crippen LogP contribution is 2.43. The van der Waals surface area contributed by atoms with Crippen molar-refractivity contribution >= 4 is 43.0 Å². The van der Waals surface area contributed by atoms with E-state index in [0.717, 1.165) is 17.4 Å². The van der Waals surface area contributed by atoms with E-state index in [1.807, 2.05) is 0 Å². The Labute approximate surface area is 169 Å². The Hall–Kier alpha value is -2.35. The summed E-state index contributed by atoms with van der Waals surface area (Å²) < 4.78 is 54.2. The van der Waals surface area contributed by atoms with Crippen molar-refractivity contribution in [3.8, 4) is 11.1 Å². The molecule has 28 heavy (non-hydrogen) atoms. The minimum absolute atomic E-state index is 0.0221. The first-order valence-corrected chi connectivity index (χ1v) is 10.8. The number of hydrogen-bond donors (Lipinski definition) is 0. The summed E-state index contributed by atoms with van der Waals surface area (Å²) in [5.41, 5.74) is 1.33. The second kappa shape index (κ2) is 6.92. The van der Waals surface area contributed by atoms with Crippen LogP contribution >= 0.6 is 22.9 Å². The van der Waals surface area contributed by atoms with Crippen LogP contribution in [0.4, 0.5) is 8.78 Å². The summed E-state index contributed by atoms with van der Waals surface area (Å²) in [5, 5.41) is 0.998. The zero-order valence-corrected chi connectivity index (χ0v) is 16.8. The molecule has 0 unspecified atom stereocenters. The fraction of sp³-hybridized carbons (Fsp3) is 0.0500. The standard InChI is InChI=1S/C20H12ClF2NO2S2/c1-11-2-7-14(10-16(11)22)28(25,26)20-18(12-3-5-13(21)6-4-12)15-8-9-17(23)24-19(15)27-20/h2-10H,1H3. The number of benzene rings is 2. The van der Waals surface area contributed by atoms with Crippen molar-refractivity contribution in [2.45, 2.75) is 16.0 Å². The molecule has 0 radical (unpaired) electrons. The smallest absolute Gasteiger partial charge is 0.216 e. The van der Waals surface area contributed by atoms with E-state index in [-0.39, 0.29) is 13.9 Å². The molecule has 0 bridgehead atoms. The summed E-state index contributed by atoms with van der Waals surface area (Å²) in [4.78, 5) is 3.90. The van der Waals surface area contributed by atoms with Crippen LogP contribution in [-0.2, 0) is 9.84 Å². The zero-order valence-electron chi connectivity index (χ0n) is 14.4. The third-order valence-electron chi connectivity index (χ3n) is 4.32. The number of thiophene rings is 1. The average Bonchev–Trinajstić information content (AvgIpc) is 3.04. The lowest BCUT2D eigenvalue weighted by atomic mass is 10.1. The molecular formula is C20H12ClF2NO2S2. The van der Waals surface area contributed by atoms with Crippen LogP contribution in [0.2, 0.25) is 5.02 Å². The number of hydrogen-bond acceptors (Lipinski definition) is 4. The summed E-state index contributed by atoms with van der Waals surface area (Å²) in [5.74, 6) is -1.32. The molecule has 2 aromatic heterocycles. The minimum Gasteiger partial charge on any atom is -0.218 e. The summed E-state index contributed by atoms with van der Waals surface area (Å²) in [7, 11) is -4.06.